The number of rotatable bonds is 18. The molecule has 2 aromatic rings. The highest BCUT2D eigenvalue weighted by atomic mass is 16.5. The van der Waals surface area contributed by atoms with Crippen molar-refractivity contribution in [3.8, 4) is 11.5 Å². The maximum atomic E-state index is 7.38. The molecule has 0 unspecified atom stereocenters. The second-order valence-corrected chi connectivity index (χ2v) is 7.84. The molecular weight excluding hydrogens is 416 g/mol. The van der Waals surface area contributed by atoms with Crippen LogP contribution in [0, 0.1) is 10.8 Å². The summed E-state index contributed by atoms with van der Waals surface area (Å²) in [6, 6.07) is 14.6. The summed E-state index contributed by atoms with van der Waals surface area (Å²) in [5, 5.41) is 21.6. The minimum Gasteiger partial charge on any atom is -0.494 e. The average molecular weight is 455 g/mol. The molecule has 0 heterocycles. The number of nitrogens with two attached hydrogens (primary N) is 2. The third kappa shape index (κ3) is 11.4. The van der Waals surface area contributed by atoms with Crippen LogP contribution in [0.1, 0.15) is 43.2 Å². The predicted octanol–water partition coefficient (Wildman–Crippen LogP) is 2.84. The van der Waals surface area contributed by atoms with E-state index in [1.165, 1.54) is 12.8 Å². The maximum Gasteiger partial charge on any atom is 0.122 e. The largest absolute Gasteiger partial charge is 0.494 e. The molecule has 0 radical (unpaired) electrons. The summed E-state index contributed by atoms with van der Waals surface area (Å²) in [6.45, 7) is 5.24. The molecule has 0 aromatic heterocycles. The van der Waals surface area contributed by atoms with Gasteiger partial charge >= 0.3 is 0 Å². The Kier molecular flexibility index (Phi) is 12.4. The Morgan fingerprint density at radius 2 is 1.00 bits per heavy atom. The SMILES string of the molecule is N=C(N)c1ccc(OCCCCCCNCCNCCCOc2ccc(C(=N)N)cc2)cc1. The molecule has 2 aromatic carbocycles. The van der Waals surface area contributed by atoms with Crippen molar-refractivity contribution in [2.24, 2.45) is 11.5 Å². The highest BCUT2D eigenvalue weighted by Gasteiger charge is 1.99. The van der Waals surface area contributed by atoms with E-state index in [-0.39, 0.29) is 11.7 Å². The van der Waals surface area contributed by atoms with Crippen molar-refractivity contribution >= 4 is 11.7 Å². The topological polar surface area (TPSA) is 142 Å². The van der Waals surface area contributed by atoms with Crippen molar-refractivity contribution in [1.82, 2.24) is 10.6 Å². The summed E-state index contributed by atoms with van der Waals surface area (Å²) in [5.74, 6) is 1.77. The van der Waals surface area contributed by atoms with E-state index in [9.17, 15) is 0 Å². The van der Waals surface area contributed by atoms with E-state index < -0.39 is 0 Å². The molecule has 0 bridgehead atoms. The van der Waals surface area contributed by atoms with E-state index in [0.717, 1.165) is 56.9 Å². The highest BCUT2D eigenvalue weighted by molar-refractivity contribution is 5.95. The molecule has 0 amide bonds. The lowest BCUT2D eigenvalue weighted by atomic mass is 10.2. The van der Waals surface area contributed by atoms with Gasteiger partial charge in [0.15, 0.2) is 0 Å². The molecule has 0 aliphatic rings. The van der Waals surface area contributed by atoms with Crippen molar-refractivity contribution in [2.45, 2.75) is 32.1 Å². The fourth-order valence-electron chi connectivity index (χ4n) is 3.17. The van der Waals surface area contributed by atoms with Crippen molar-refractivity contribution in [2.75, 3.05) is 39.4 Å². The molecule has 0 aliphatic carbocycles. The normalized spacial score (nSPS) is 10.7. The number of nitrogen functional groups attached to an aromatic ring is 2. The fraction of sp³-hybridized carbons (Fsp3) is 0.440. The minimum absolute atomic E-state index is 0.0689. The van der Waals surface area contributed by atoms with Gasteiger partial charge in [-0.2, -0.15) is 0 Å². The summed E-state index contributed by atoms with van der Waals surface area (Å²) in [7, 11) is 0. The Labute approximate surface area is 197 Å². The minimum atomic E-state index is 0.0689. The Hall–Kier alpha value is -3.10. The molecule has 33 heavy (non-hydrogen) atoms. The van der Waals surface area contributed by atoms with E-state index in [4.69, 9.17) is 31.8 Å². The van der Waals surface area contributed by atoms with Gasteiger partial charge in [0.2, 0.25) is 0 Å². The average Bonchev–Trinajstić information content (AvgIpc) is 2.82. The quantitative estimate of drug-likeness (QED) is 0.116. The predicted molar refractivity (Wildman–Crippen MR) is 135 cm³/mol. The van der Waals surface area contributed by atoms with E-state index in [0.29, 0.717) is 24.3 Å². The molecule has 0 aliphatic heterocycles. The Balaban J connectivity index is 1.33. The summed E-state index contributed by atoms with van der Waals surface area (Å²) in [6.07, 6.45) is 5.50. The van der Waals surface area contributed by atoms with Crippen LogP contribution in [-0.4, -0.2) is 51.1 Å². The highest BCUT2D eigenvalue weighted by Crippen LogP contribution is 2.13. The van der Waals surface area contributed by atoms with Gasteiger partial charge in [-0.3, -0.25) is 10.8 Å². The van der Waals surface area contributed by atoms with Crippen LogP contribution in [0.3, 0.4) is 0 Å². The molecule has 180 valence electrons. The fourth-order valence-corrected chi connectivity index (χ4v) is 3.17. The molecule has 8 N–H and O–H groups in total. The molecule has 2 rings (SSSR count). The number of hydrogen-bond acceptors (Lipinski definition) is 6. The lowest BCUT2D eigenvalue weighted by Crippen LogP contribution is -2.29. The molecule has 0 saturated heterocycles. The van der Waals surface area contributed by atoms with Gasteiger partial charge < -0.3 is 31.6 Å². The first-order valence-corrected chi connectivity index (χ1v) is 11.6. The first-order valence-electron chi connectivity index (χ1n) is 11.6. The number of amidine groups is 2. The molecule has 0 fully saturated rings. The third-order valence-corrected chi connectivity index (χ3v) is 5.09. The summed E-state index contributed by atoms with van der Waals surface area (Å²) >= 11 is 0. The first-order chi connectivity index (χ1) is 16.1. The summed E-state index contributed by atoms with van der Waals surface area (Å²) in [5.41, 5.74) is 12.3. The Morgan fingerprint density at radius 1 is 0.576 bits per heavy atom. The van der Waals surface area contributed by atoms with E-state index in [1.54, 1.807) is 12.1 Å². The second kappa shape index (κ2) is 15.7. The van der Waals surface area contributed by atoms with Crippen molar-refractivity contribution in [3.05, 3.63) is 59.7 Å². The van der Waals surface area contributed by atoms with Crippen molar-refractivity contribution < 1.29 is 9.47 Å². The van der Waals surface area contributed by atoms with Crippen LogP contribution in [0.2, 0.25) is 0 Å². The number of hydrogen-bond donors (Lipinski definition) is 6. The van der Waals surface area contributed by atoms with Crippen LogP contribution < -0.4 is 31.6 Å². The smallest absolute Gasteiger partial charge is 0.122 e. The number of unbranched alkanes of at least 4 members (excludes halogenated alkanes) is 3. The van der Waals surface area contributed by atoms with Crippen molar-refractivity contribution in [3.63, 3.8) is 0 Å². The Bertz CT molecular complexity index is 754. The number of ether oxygens (including phenoxy) is 2. The van der Waals surface area contributed by atoms with E-state index in [1.807, 2.05) is 36.4 Å². The van der Waals surface area contributed by atoms with E-state index >= 15 is 0 Å². The third-order valence-electron chi connectivity index (χ3n) is 5.09. The lowest BCUT2D eigenvalue weighted by molar-refractivity contribution is 0.304. The lowest BCUT2D eigenvalue weighted by Gasteiger charge is -2.09. The van der Waals surface area contributed by atoms with Gasteiger partial charge in [-0.1, -0.05) is 12.8 Å². The summed E-state index contributed by atoms with van der Waals surface area (Å²) < 4.78 is 11.4. The van der Waals surface area contributed by atoms with Crippen LogP contribution in [0.4, 0.5) is 0 Å². The number of nitrogens with one attached hydrogen (secondary N) is 4. The molecule has 0 saturated carbocycles. The van der Waals surface area contributed by atoms with Gasteiger partial charge in [0.05, 0.1) is 13.2 Å². The molecule has 0 atom stereocenters. The van der Waals surface area contributed by atoms with Gasteiger partial charge in [-0.05, 0) is 80.9 Å². The first kappa shape index (κ1) is 26.2. The summed E-state index contributed by atoms with van der Waals surface area (Å²) in [4.78, 5) is 0. The molecule has 8 nitrogen and oxygen atoms in total. The van der Waals surface area contributed by atoms with Gasteiger partial charge in [0.25, 0.3) is 0 Å². The monoisotopic (exact) mass is 454 g/mol. The standard InChI is InChI=1S/C25H38N6O2/c26-24(27)20-6-10-22(11-7-20)32-18-4-2-1-3-14-30-16-17-31-15-5-19-33-23-12-8-21(9-13-23)25(28)29/h6-13,30-31H,1-5,14-19H2,(H3,26,27)(H3,28,29). The van der Waals surface area contributed by atoms with Crippen LogP contribution >= 0.6 is 0 Å². The zero-order valence-electron chi connectivity index (χ0n) is 19.4. The van der Waals surface area contributed by atoms with Gasteiger partial charge in [0.1, 0.15) is 23.2 Å². The van der Waals surface area contributed by atoms with Gasteiger partial charge in [-0.15, -0.1) is 0 Å². The van der Waals surface area contributed by atoms with Crippen LogP contribution in [0.15, 0.2) is 48.5 Å². The Morgan fingerprint density at radius 3 is 1.48 bits per heavy atom. The van der Waals surface area contributed by atoms with Crippen LogP contribution in [0.25, 0.3) is 0 Å². The van der Waals surface area contributed by atoms with Crippen molar-refractivity contribution in [1.29, 1.82) is 10.8 Å². The van der Waals surface area contributed by atoms with Crippen LogP contribution in [0.5, 0.6) is 11.5 Å². The van der Waals surface area contributed by atoms with Gasteiger partial charge in [-0.25, -0.2) is 0 Å². The van der Waals surface area contributed by atoms with Crippen LogP contribution in [-0.2, 0) is 0 Å². The van der Waals surface area contributed by atoms with E-state index in [2.05, 4.69) is 10.6 Å². The molecule has 0 spiro atoms. The molecule has 8 heteroatoms. The van der Waals surface area contributed by atoms with Gasteiger partial charge in [0, 0.05) is 24.2 Å². The maximum absolute atomic E-state index is 7.38. The number of benzene rings is 2. The zero-order chi connectivity index (χ0) is 23.7. The zero-order valence-corrected chi connectivity index (χ0v) is 19.4. The molecular formula is C25H38N6O2. The second-order valence-electron chi connectivity index (χ2n) is 7.84.